The van der Waals surface area contributed by atoms with Gasteiger partial charge >= 0.3 is 5.97 Å². The Kier molecular flexibility index (Phi) is 6.80. The molecule has 0 saturated carbocycles. The molecule has 1 heterocycles. The summed E-state index contributed by atoms with van der Waals surface area (Å²) in [6.07, 6.45) is 1.95. The van der Waals surface area contributed by atoms with E-state index in [0.29, 0.717) is 0 Å². The van der Waals surface area contributed by atoms with Crippen LogP contribution in [0.1, 0.15) is 33.1 Å². The number of nitrogens with one attached hydrogen (secondary N) is 1. The van der Waals surface area contributed by atoms with Crippen LogP contribution in [0.2, 0.25) is 0 Å². The topological polar surface area (TPSA) is 78.9 Å². The Labute approximate surface area is 114 Å². The largest absolute Gasteiger partial charge is 0.481 e. The Balaban J connectivity index is 2.36. The van der Waals surface area contributed by atoms with Crippen LogP contribution in [0.25, 0.3) is 0 Å². The van der Waals surface area contributed by atoms with Gasteiger partial charge in [-0.25, -0.2) is 0 Å². The number of rotatable bonds is 7. The molecule has 1 saturated heterocycles. The summed E-state index contributed by atoms with van der Waals surface area (Å²) in [4.78, 5) is 24.2. The minimum absolute atomic E-state index is 0.0107. The number of amides is 1. The number of hydrogen-bond acceptors (Lipinski definition) is 4. The summed E-state index contributed by atoms with van der Waals surface area (Å²) >= 11 is 0. The van der Waals surface area contributed by atoms with E-state index in [1.54, 1.807) is 4.90 Å². The number of hydrogen-bond donors (Lipinski definition) is 2. The number of nitrogens with zero attached hydrogens (tertiary/aromatic N) is 1. The average molecular weight is 272 g/mol. The fourth-order valence-corrected chi connectivity index (χ4v) is 2.12. The van der Waals surface area contributed by atoms with E-state index in [9.17, 15) is 9.59 Å². The van der Waals surface area contributed by atoms with Crippen LogP contribution in [0, 0.1) is 0 Å². The molecule has 0 atom stereocenters. The molecular formula is C13H24N2O4. The third kappa shape index (κ3) is 6.02. The van der Waals surface area contributed by atoms with Crippen molar-refractivity contribution in [1.82, 2.24) is 10.2 Å². The third-order valence-electron chi connectivity index (χ3n) is 3.24. The molecule has 0 aromatic rings. The van der Waals surface area contributed by atoms with Gasteiger partial charge in [0, 0.05) is 12.6 Å². The van der Waals surface area contributed by atoms with Crippen molar-refractivity contribution in [3.05, 3.63) is 0 Å². The van der Waals surface area contributed by atoms with Gasteiger partial charge in [0.25, 0.3) is 0 Å². The first kappa shape index (κ1) is 15.9. The first-order chi connectivity index (χ1) is 9.00. The average Bonchev–Trinajstić information content (AvgIpc) is 2.37. The molecule has 1 amide bonds. The van der Waals surface area contributed by atoms with Crippen molar-refractivity contribution in [2.24, 2.45) is 0 Å². The van der Waals surface area contributed by atoms with Crippen molar-refractivity contribution in [3.8, 4) is 0 Å². The molecule has 2 N–H and O–H groups in total. The van der Waals surface area contributed by atoms with Gasteiger partial charge in [-0.3, -0.25) is 9.59 Å². The van der Waals surface area contributed by atoms with Crippen LogP contribution in [0.3, 0.4) is 0 Å². The van der Waals surface area contributed by atoms with Gasteiger partial charge in [-0.05, 0) is 39.8 Å². The molecule has 6 heteroatoms. The van der Waals surface area contributed by atoms with Crippen LogP contribution >= 0.6 is 0 Å². The highest BCUT2D eigenvalue weighted by atomic mass is 16.5. The van der Waals surface area contributed by atoms with E-state index < -0.39 is 5.97 Å². The second-order valence-corrected chi connectivity index (χ2v) is 5.08. The van der Waals surface area contributed by atoms with Gasteiger partial charge in [-0.15, -0.1) is 0 Å². The second kappa shape index (κ2) is 8.12. The summed E-state index contributed by atoms with van der Waals surface area (Å²) in [6, 6.07) is -0.0107. The zero-order valence-electron chi connectivity index (χ0n) is 11.7. The lowest BCUT2D eigenvalue weighted by molar-refractivity contribution is -0.142. The fourth-order valence-electron chi connectivity index (χ4n) is 2.12. The minimum Gasteiger partial charge on any atom is -0.481 e. The lowest BCUT2D eigenvalue weighted by atomic mass is 10.1. The van der Waals surface area contributed by atoms with Gasteiger partial charge in [0.2, 0.25) is 5.91 Å². The molecule has 0 unspecified atom stereocenters. The molecule has 1 fully saturated rings. The smallest absolute Gasteiger partial charge is 0.305 e. The van der Waals surface area contributed by atoms with Gasteiger partial charge < -0.3 is 20.1 Å². The maximum Gasteiger partial charge on any atom is 0.305 e. The number of carbonyl (C=O) groups excluding carboxylic acids is 1. The summed E-state index contributed by atoms with van der Waals surface area (Å²) in [5, 5.41) is 11.9. The van der Waals surface area contributed by atoms with Crippen molar-refractivity contribution in [2.45, 2.75) is 45.3 Å². The minimum atomic E-state index is -0.891. The van der Waals surface area contributed by atoms with E-state index in [-0.39, 0.29) is 37.6 Å². The van der Waals surface area contributed by atoms with E-state index >= 15 is 0 Å². The highest BCUT2D eigenvalue weighted by Gasteiger charge is 2.20. The van der Waals surface area contributed by atoms with Crippen LogP contribution in [0.15, 0.2) is 0 Å². The van der Waals surface area contributed by atoms with Crippen LogP contribution in [-0.2, 0) is 14.3 Å². The molecule has 0 aromatic carbocycles. The van der Waals surface area contributed by atoms with E-state index in [1.807, 2.05) is 13.8 Å². The van der Waals surface area contributed by atoms with Gasteiger partial charge in [0.15, 0.2) is 0 Å². The Morgan fingerprint density at radius 1 is 1.37 bits per heavy atom. The van der Waals surface area contributed by atoms with Gasteiger partial charge in [-0.1, -0.05) is 0 Å². The van der Waals surface area contributed by atoms with Gasteiger partial charge in [0.05, 0.1) is 12.5 Å². The lowest BCUT2D eigenvalue weighted by Gasteiger charge is -2.28. The zero-order valence-corrected chi connectivity index (χ0v) is 11.7. The monoisotopic (exact) mass is 272 g/mol. The highest BCUT2D eigenvalue weighted by molar-refractivity contribution is 5.78. The van der Waals surface area contributed by atoms with Gasteiger partial charge in [-0.2, -0.15) is 0 Å². The Hall–Kier alpha value is -1.14. The van der Waals surface area contributed by atoms with Crippen molar-refractivity contribution < 1.29 is 19.4 Å². The first-order valence-electron chi connectivity index (χ1n) is 6.84. The highest BCUT2D eigenvalue weighted by Crippen LogP contribution is 2.08. The molecule has 0 aromatic heterocycles. The van der Waals surface area contributed by atoms with Crippen LogP contribution < -0.4 is 5.32 Å². The normalized spacial score (nSPS) is 16.6. The van der Waals surface area contributed by atoms with Crippen LogP contribution in [0.4, 0.5) is 0 Å². The van der Waals surface area contributed by atoms with Crippen LogP contribution in [0.5, 0.6) is 0 Å². The van der Waals surface area contributed by atoms with Gasteiger partial charge in [0.1, 0.15) is 6.61 Å². The third-order valence-corrected chi connectivity index (χ3v) is 3.24. The quantitative estimate of drug-likeness (QED) is 0.704. The summed E-state index contributed by atoms with van der Waals surface area (Å²) in [5.41, 5.74) is 0. The number of carbonyl (C=O) groups is 2. The SMILES string of the molecule is CC(C)N(CCC(=O)O)C(=O)COC1CCNCC1. The summed E-state index contributed by atoms with van der Waals surface area (Å²) in [6.45, 7) is 5.88. The van der Waals surface area contributed by atoms with Crippen LogP contribution in [-0.4, -0.2) is 60.3 Å². The summed E-state index contributed by atoms with van der Waals surface area (Å²) in [7, 11) is 0. The summed E-state index contributed by atoms with van der Waals surface area (Å²) in [5.74, 6) is -1.02. The molecule has 0 bridgehead atoms. The number of ether oxygens (including phenoxy) is 1. The standard InChI is InChI=1S/C13H24N2O4/c1-10(2)15(8-5-13(17)18)12(16)9-19-11-3-6-14-7-4-11/h10-11,14H,3-9H2,1-2H3,(H,17,18). The van der Waals surface area contributed by atoms with Crippen molar-refractivity contribution in [3.63, 3.8) is 0 Å². The first-order valence-corrected chi connectivity index (χ1v) is 6.84. The van der Waals surface area contributed by atoms with E-state index in [4.69, 9.17) is 9.84 Å². The van der Waals surface area contributed by atoms with Crippen molar-refractivity contribution in [1.29, 1.82) is 0 Å². The molecule has 0 spiro atoms. The molecule has 0 radical (unpaired) electrons. The maximum atomic E-state index is 12.0. The molecule has 1 rings (SSSR count). The van der Waals surface area contributed by atoms with Crippen molar-refractivity contribution >= 4 is 11.9 Å². The molecule has 6 nitrogen and oxygen atoms in total. The number of carboxylic acids is 1. The number of aliphatic carboxylic acids is 1. The number of carboxylic acid groups (broad SMARTS) is 1. The predicted molar refractivity (Wildman–Crippen MR) is 70.9 cm³/mol. The zero-order chi connectivity index (χ0) is 14.3. The molecule has 19 heavy (non-hydrogen) atoms. The Morgan fingerprint density at radius 3 is 2.53 bits per heavy atom. The Morgan fingerprint density at radius 2 is 2.00 bits per heavy atom. The molecule has 0 aliphatic carbocycles. The molecule has 1 aliphatic rings. The van der Waals surface area contributed by atoms with E-state index in [1.165, 1.54) is 0 Å². The van der Waals surface area contributed by atoms with E-state index in [0.717, 1.165) is 25.9 Å². The van der Waals surface area contributed by atoms with E-state index in [2.05, 4.69) is 5.32 Å². The van der Waals surface area contributed by atoms with Crippen molar-refractivity contribution in [2.75, 3.05) is 26.2 Å². The second-order valence-electron chi connectivity index (χ2n) is 5.08. The molecular weight excluding hydrogens is 248 g/mol. The fraction of sp³-hybridized carbons (Fsp3) is 0.846. The number of piperidine rings is 1. The summed E-state index contributed by atoms with van der Waals surface area (Å²) < 4.78 is 5.60. The predicted octanol–water partition coefficient (Wildman–Crippen LogP) is 0.467. The Bertz CT molecular complexity index is 301. The maximum absolute atomic E-state index is 12.0. The lowest BCUT2D eigenvalue weighted by Crippen LogP contribution is -2.42. The molecule has 110 valence electrons. The molecule has 1 aliphatic heterocycles.